The summed E-state index contributed by atoms with van der Waals surface area (Å²) in [6, 6.07) is 7.57. The summed E-state index contributed by atoms with van der Waals surface area (Å²) in [6.07, 6.45) is 4.83. The summed E-state index contributed by atoms with van der Waals surface area (Å²) >= 11 is 0. The lowest BCUT2D eigenvalue weighted by atomic mass is 10.1. The molecule has 100 valence electrons. The van der Waals surface area contributed by atoms with Crippen molar-refractivity contribution in [1.82, 2.24) is 9.78 Å². The van der Waals surface area contributed by atoms with Gasteiger partial charge in [0.15, 0.2) is 6.29 Å². The first-order valence-electron chi connectivity index (χ1n) is 6.45. The molecular weight excluding hydrogens is 240 g/mol. The molecule has 0 fully saturated rings. The van der Waals surface area contributed by atoms with Gasteiger partial charge in [-0.25, -0.2) is 0 Å². The van der Waals surface area contributed by atoms with Crippen LogP contribution >= 0.6 is 0 Å². The number of methoxy groups -OCH3 is 1. The van der Waals surface area contributed by atoms with Crippen LogP contribution in [0.3, 0.4) is 0 Å². The highest BCUT2D eigenvalue weighted by Crippen LogP contribution is 2.23. The van der Waals surface area contributed by atoms with Crippen molar-refractivity contribution >= 4 is 6.29 Å². The van der Waals surface area contributed by atoms with Crippen molar-refractivity contribution in [2.24, 2.45) is 0 Å². The lowest BCUT2D eigenvalue weighted by Gasteiger charge is -2.02. The third-order valence-electron chi connectivity index (χ3n) is 3.02. The van der Waals surface area contributed by atoms with Crippen LogP contribution in [0.4, 0.5) is 0 Å². The zero-order valence-corrected chi connectivity index (χ0v) is 11.3. The number of hydrogen-bond donors (Lipinski definition) is 0. The number of hydrogen-bond acceptors (Lipinski definition) is 3. The Balaban J connectivity index is 2.31. The fourth-order valence-corrected chi connectivity index (χ4v) is 1.93. The van der Waals surface area contributed by atoms with E-state index < -0.39 is 0 Å². The first-order valence-corrected chi connectivity index (χ1v) is 6.45. The zero-order chi connectivity index (χ0) is 13.7. The second-order valence-corrected chi connectivity index (χ2v) is 4.40. The van der Waals surface area contributed by atoms with E-state index in [1.807, 2.05) is 35.1 Å². The summed E-state index contributed by atoms with van der Waals surface area (Å²) < 4.78 is 6.96. The van der Waals surface area contributed by atoms with Crippen LogP contribution in [0.5, 0.6) is 5.75 Å². The Hall–Kier alpha value is -2.10. The molecule has 1 heterocycles. The average molecular weight is 258 g/mol. The van der Waals surface area contributed by atoms with E-state index in [1.54, 1.807) is 7.11 Å². The van der Waals surface area contributed by atoms with Gasteiger partial charge in [0.2, 0.25) is 0 Å². The van der Waals surface area contributed by atoms with Crippen molar-refractivity contribution in [3.63, 3.8) is 0 Å². The molecule has 0 spiro atoms. The van der Waals surface area contributed by atoms with Crippen LogP contribution in [-0.4, -0.2) is 23.2 Å². The zero-order valence-electron chi connectivity index (χ0n) is 11.3. The molecule has 0 saturated heterocycles. The molecule has 2 aromatic rings. The molecule has 1 aromatic carbocycles. The van der Waals surface area contributed by atoms with E-state index in [9.17, 15) is 4.79 Å². The maximum Gasteiger partial charge on any atom is 0.153 e. The third kappa shape index (κ3) is 3.02. The Morgan fingerprint density at radius 3 is 2.63 bits per heavy atom. The molecule has 0 radical (unpaired) electrons. The maximum absolute atomic E-state index is 11.1. The van der Waals surface area contributed by atoms with E-state index in [4.69, 9.17) is 4.74 Å². The molecule has 4 nitrogen and oxygen atoms in total. The first-order chi connectivity index (χ1) is 9.28. The van der Waals surface area contributed by atoms with Crippen molar-refractivity contribution < 1.29 is 9.53 Å². The normalized spacial score (nSPS) is 10.4. The van der Waals surface area contributed by atoms with E-state index in [-0.39, 0.29) is 0 Å². The van der Waals surface area contributed by atoms with Gasteiger partial charge in [-0.15, -0.1) is 0 Å². The number of benzene rings is 1. The van der Waals surface area contributed by atoms with Gasteiger partial charge in [-0.2, -0.15) is 5.10 Å². The second-order valence-electron chi connectivity index (χ2n) is 4.40. The molecule has 0 N–H and O–H groups in total. The molecule has 0 atom stereocenters. The van der Waals surface area contributed by atoms with Crippen LogP contribution in [0.15, 0.2) is 30.5 Å². The number of nitrogens with zero attached hydrogens (tertiary/aromatic N) is 2. The number of ether oxygens (including phenoxy) is 1. The molecule has 0 aliphatic heterocycles. The molecule has 0 amide bonds. The van der Waals surface area contributed by atoms with Crippen LogP contribution in [0, 0.1) is 0 Å². The number of aldehydes is 1. The Morgan fingerprint density at radius 1 is 1.32 bits per heavy atom. The van der Waals surface area contributed by atoms with Gasteiger partial charge in [-0.3, -0.25) is 9.48 Å². The van der Waals surface area contributed by atoms with Gasteiger partial charge in [0.25, 0.3) is 0 Å². The van der Waals surface area contributed by atoms with E-state index in [0.717, 1.165) is 42.7 Å². The summed E-state index contributed by atoms with van der Waals surface area (Å²) in [5.41, 5.74) is 2.29. The van der Waals surface area contributed by atoms with Gasteiger partial charge in [0.1, 0.15) is 11.4 Å². The molecule has 19 heavy (non-hydrogen) atoms. The van der Waals surface area contributed by atoms with Crippen molar-refractivity contribution in [1.29, 1.82) is 0 Å². The van der Waals surface area contributed by atoms with Gasteiger partial charge < -0.3 is 4.74 Å². The predicted molar refractivity (Wildman–Crippen MR) is 74.5 cm³/mol. The quantitative estimate of drug-likeness (QED) is 0.747. The molecule has 0 aliphatic carbocycles. The minimum absolute atomic E-state index is 0.626. The number of rotatable bonds is 6. The fourth-order valence-electron chi connectivity index (χ4n) is 1.93. The molecule has 0 bridgehead atoms. The van der Waals surface area contributed by atoms with Gasteiger partial charge in [-0.1, -0.05) is 13.3 Å². The lowest BCUT2D eigenvalue weighted by Crippen LogP contribution is -1.97. The van der Waals surface area contributed by atoms with E-state index in [0.29, 0.717) is 5.56 Å². The molecule has 4 heteroatoms. The number of carbonyl (C=O) groups excluding carboxylic acids is 1. The molecule has 1 aromatic heterocycles. The number of aromatic nitrogens is 2. The van der Waals surface area contributed by atoms with Crippen LogP contribution in [0.1, 0.15) is 30.1 Å². The largest absolute Gasteiger partial charge is 0.497 e. The predicted octanol–water partition coefficient (Wildman–Crippen LogP) is 3.17. The monoisotopic (exact) mass is 258 g/mol. The topological polar surface area (TPSA) is 44.1 Å². The van der Waals surface area contributed by atoms with Crippen LogP contribution in [0.25, 0.3) is 11.3 Å². The van der Waals surface area contributed by atoms with E-state index in [2.05, 4.69) is 12.0 Å². The standard InChI is InChI=1S/C15H18N2O2/c1-3-4-9-17-10-13(11-18)15(16-17)12-5-7-14(19-2)8-6-12/h5-8,10-11H,3-4,9H2,1-2H3. The number of unbranched alkanes of at least 4 members (excludes halogenated alkanes) is 1. The Kier molecular flexibility index (Phi) is 4.34. The third-order valence-corrected chi connectivity index (χ3v) is 3.02. The maximum atomic E-state index is 11.1. The molecular formula is C15H18N2O2. The van der Waals surface area contributed by atoms with Gasteiger partial charge >= 0.3 is 0 Å². The van der Waals surface area contributed by atoms with Crippen molar-refractivity contribution in [2.45, 2.75) is 26.3 Å². The van der Waals surface area contributed by atoms with E-state index >= 15 is 0 Å². The highest BCUT2D eigenvalue weighted by molar-refractivity contribution is 5.85. The first kappa shape index (κ1) is 13.3. The van der Waals surface area contributed by atoms with E-state index in [1.165, 1.54) is 0 Å². The van der Waals surface area contributed by atoms with Crippen molar-refractivity contribution in [3.8, 4) is 17.0 Å². The smallest absolute Gasteiger partial charge is 0.153 e. The number of aryl methyl sites for hydroxylation is 1. The number of carbonyl (C=O) groups is 1. The Morgan fingerprint density at radius 2 is 2.05 bits per heavy atom. The van der Waals surface area contributed by atoms with Crippen molar-refractivity contribution in [2.75, 3.05) is 7.11 Å². The summed E-state index contributed by atoms with van der Waals surface area (Å²) in [4.78, 5) is 11.1. The van der Waals surface area contributed by atoms with Crippen LogP contribution < -0.4 is 4.74 Å². The van der Waals surface area contributed by atoms with Gasteiger partial charge in [0, 0.05) is 18.3 Å². The lowest BCUT2D eigenvalue weighted by molar-refractivity contribution is 0.112. The summed E-state index contributed by atoms with van der Waals surface area (Å²) in [7, 11) is 1.63. The highest BCUT2D eigenvalue weighted by Gasteiger charge is 2.10. The van der Waals surface area contributed by atoms with Gasteiger partial charge in [-0.05, 0) is 30.7 Å². The minimum atomic E-state index is 0.626. The van der Waals surface area contributed by atoms with Gasteiger partial charge in [0.05, 0.1) is 12.7 Å². The molecule has 0 aliphatic rings. The summed E-state index contributed by atoms with van der Waals surface area (Å²) in [5.74, 6) is 0.793. The highest BCUT2D eigenvalue weighted by atomic mass is 16.5. The average Bonchev–Trinajstić information content (AvgIpc) is 2.88. The fraction of sp³-hybridized carbons (Fsp3) is 0.333. The van der Waals surface area contributed by atoms with Crippen LogP contribution in [-0.2, 0) is 6.54 Å². The second kappa shape index (κ2) is 6.18. The molecule has 0 unspecified atom stereocenters. The minimum Gasteiger partial charge on any atom is -0.497 e. The summed E-state index contributed by atoms with van der Waals surface area (Å²) in [6.45, 7) is 2.97. The molecule has 0 saturated carbocycles. The van der Waals surface area contributed by atoms with Crippen LogP contribution in [0.2, 0.25) is 0 Å². The van der Waals surface area contributed by atoms with Crippen molar-refractivity contribution in [3.05, 3.63) is 36.0 Å². The summed E-state index contributed by atoms with van der Waals surface area (Å²) in [5, 5.41) is 4.49. The SMILES string of the molecule is CCCCn1cc(C=O)c(-c2ccc(OC)cc2)n1. The Labute approximate surface area is 113 Å². The Bertz CT molecular complexity index is 544. The molecule has 2 rings (SSSR count).